The van der Waals surface area contributed by atoms with E-state index in [1.165, 1.54) is 6.07 Å². The van der Waals surface area contributed by atoms with E-state index in [-0.39, 0.29) is 18.0 Å². The lowest BCUT2D eigenvalue weighted by molar-refractivity contribution is 0.172. The van der Waals surface area contributed by atoms with Crippen LogP contribution in [0.1, 0.15) is 29.3 Å². The predicted octanol–water partition coefficient (Wildman–Crippen LogP) is 2.18. The summed E-state index contributed by atoms with van der Waals surface area (Å²) in [7, 11) is 1.92. The van der Waals surface area contributed by atoms with Gasteiger partial charge in [0.15, 0.2) is 0 Å². The molecule has 0 amide bonds. The fourth-order valence-corrected chi connectivity index (χ4v) is 3.03. The lowest BCUT2D eigenvalue weighted by atomic mass is 10.0. The Morgan fingerprint density at radius 3 is 2.90 bits per heavy atom. The van der Waals surface area contributed by atoms with Gasteiger partial charge < -0.3 is 5.11 Å². The van der Waals surface area contributed by atoms with Crippen LogP contribution in [-0.4, -0.2) is 32.4 Å². The molecule has 3 rings (SSSR count). The molecule has 1 fully saturated rings. The van der Waals surface area contributed by atoms with Crippen LogP contribution in [0.15, 0.2) is 30.5 Å². The Morgan fingerprint density at radius 2 is 2.24 bits per heavy atom. The molecule has 1 aliphatic rings. The largest absolute Gasteiger partial charge is 0.392 e. The molecule has 1 N–H and O–H groups in total. The monoisotopic (exact) mass is 289 g/mol. The van der Waals surface area contributed by atoms with E-state index in [2.05, 4.69) is 10.00 Å². The number of nitrogens with zero attached hydrogens (tertiary/aromatic N) is 3. The molecule has 2 aromatic rings. The van der Waals surface area contributed by atoms with Crippen molar-refractivity contribution in [2.45, 2.75) is 32.0 Å². The van der Waals surface area contributed by atoms with Gasteiger partial charge >= 0.3 is 0 Å². The smallest absolute Gasteiger partial charge is 0.123 e. The van der Waals surface area contributed by atoms with E-state index in [4.69, 9.17) is 0 Å². The van der Waals surface area contributed by atoms with Gasteiger partial charge in [-0.1, -0.05) is 12.1 Å². The van der Waals surface area contributed by atoms with E-state index >= 15 is 0 Å². The van der Waals surface area contributed by atoms with Crippen LogP contribution in [0.3, 0.4) is 0 Å². The number of halogens is 1. The fourth-order valence-electron chi connectivity index (χ4n) is 3.03. The van der Waals surface area contributed by atoms with E-state index < -0.39 is 0 Å². The van der Waals surface area contributed by atoms with Crippen LogP contribution in [0, 0.1) is 12.7 Å². The molecule has 2 atom stereocenters. The first-order valence-corrected chi connectivity index (χ1v) is 7.19. The molecular formula is C16H20FN3O. The summed E-state index contributed by atoms with van der Waals surface area (Å²) in [4.78, 5) is 2.20. The summed E-state index contributed by atoms with van der Waals surface area (Å²) in [6.45, 7) is 3.36. The summed E-state index contributed by atoms with van der Waals surface area (Å²) >= 11 is 0. The highest BCUT2D eigenvalue weighted by Crippen LogP contribution is 2.33. The van der Waals surface area contributed by atoms with E-state index in [1.54, 1.807) is 12.1 Å². The van der Waals surface area contributed by atoms with Crippen LogP contribution in [0.4, 0.5) is 4.39 Å². The van der Waals surface area contributed by atoms with Crippen molar-refractivity contribution >= 4 is 0 Å². The number of aromatic nitrogens is 2. The molecule has 0 unspecified atom stereocenters. The summed E-state index contributed by atoms with van der Waals surface area (Å²) < 4.78 is 15.3. The van der Waals surface area contributed by atoms with Gasteiger partial charge in [0, 0.05) is 37.4 Å². The maximum Gasteiger partial charge on any atom is 0.123 e. The zero-order valence-electron chi connectivity index (χ0n) is 12.3. The average Bonchev–Trinajstić information content (AvgIpc) is 2.96. The van der Waals surface area contributed by atoms with Crippen molar-refractivity contribution in [2.24, 2.45) is 7.05 Å². The maximum absolute atomic E-state index is 13.4. The number of β-amino-alcohol motifs (C(OH)–C–C–N with tert-alkyl or cyclic N) is 1. The Hall–Kier alpha value is -1.72. The highest BCUT2D eigenvalue weighted by molar-refractivity contribution is 5.23. The Bertz CT molecular complexity index is 640. The molecule has 0 saturated carbocycles. The van der Waals surface area contributed by atoms with E-state index in [9.17, 15) is 9.50 Å². The van der Waals surface area contributed by atoms with Gasteiger partial charge in [-0.15, -0.1) is 0 Å². The minimum Gasteiger partial charge on any atom is -0.392 e. The third-order valence-corrected chi connectivity index (χ3v) is 4.33. The van der Waals surface area contributed by atoms with Crippen LogP contribution in [0.2, 0.25) is 0 Å². The molecule has 1 aromatic carbocycles. The zero-order valence-corrected chi connectivity index (χ0v) is 12.3. The topological polar surface area (TPSA) is 41.3 Å². The van der Waals surface area contributed by atoms with Crippen LogP contribution in [0.25, 0.3) is 0 Å². The molecule has 2 heterocycles. The van der Waals surface area contributed by atoms with Crippen LogP contribution in [-0.2, 0) is 13.6 Å². The van der Waals surface area contributed by atoms with Gasteiger partial charge in [0.05, 0.1) is 12.3 Å². The fraction of sp³-hybridized carbons (Fsp3) is 0.438. The Balaban J connectivity index is 1.84. The van der Waals surface area contributed by atoms with Crippen molar-refractivity contribution in [3.8, 4) is 0 Å². The molecule has 1 saturated heterocycles. The molecule has 0 aliphatic carbocycles. The van der Waals surface area contributed by atoms with Gasteiger partial charge in [-0.3, -0.25) is 9.58 Å². The zero-order chi connectivity index (χ0) is 15.0. The molecule has 0 spiro atoms. The third-order valence-electron chi connectivity index (χ3n) is 4.33. The normalized spacial score (nSPS) is 22.9. The standard InChI is InChI=1S/C16H20FN3O/c1-11-13(8-18-19(11)2)9-20-10-15(21)7-16(20)12-4-3-5-14(17)6-12/h3-6,8,15-16,21H,7,9-10H2,1-2H3/t15-,16-/m1/s1. The molecule has 1 aliphatic heterocycles. The van der Waals surface area contributed by atoms with Gasteiger partial charge in [-0.05, 0) is 31.0 Å². The van der Waals surface area contributed by atoms with Crippen molar-refractivity contribution in [3.05, 3.63) is 53.1 Å². The van der Waals surface area contributed by atoms with Gasteiger partial charge in [0.25, 0.3) is 0 Å². The molecule has 1 aromatic heterocycles. The second-order valence-electron chi connectivity index (χ2n) is 5.77. The van der Waals surface area contributed by atoms with Gasteiger partial charge in [0.1, 0.15) is 5.82 Å². The Morgan fingerprint density at radius 1 is 1.43 bits per heavy atom. The summed E-state index contributed by atoms with van der Waals surface area (Å²) in [5, 5.41) is 14.3. The second-order valence-corrected chi connectivity index (χ2v) is 5.77. The van der Waals surface area contributed by atoms with Crippen LogP contribution >= 0.6 is 0 Å². The summed E-state index contributed by atoms with van der Waals surface area (Å²) in [5.74, 6) is -0.230. The highest BCUT2D eigenvalue weighted by Gasteiger charge is 2.32. The van der Waals surface area contributed by atoms with Gasteiger partial charge in [-0.2, -0.15) is 5.10 Å². The first kappa shape index (κ1) is 14.2. The lowest BCUT2D eigenvalue weighted by Gasteiger charge is -2.24. The summed E-state index contributed by atoms with van der Waals surface area (Å²) in [6, 6.07) is 6.71. The molecule has 0 radical (unpaired) electrons. The molecule has 5 heteroatoms. The average molecular weight is 289 g/mol. The quantitative estimate of drug-likeness (QED) is 0.941. The van der Waals surface area contributed by atoms with Crippen LogP contribution < -0.4 is 0 Å². The van der Waals surface area contributed by atoms with E-state index in [0.29, 0.717) is 13.0 Å². The number of rotatable bonds is 3. The van der Waals surface area contributed by atoms with Crippen molar-refractivity contribution in [1.82, 2.24) is 14.7 Å². The van der Waals surface area contributed by atoms with Crippen molar-refractivity contribution in [1.29, 1.82) is 0 Å². The minimum atomic E-state index is -0.366. The molecular weight excluding hydrogens is 269 g/mol. The Kier molecular flexibility index (Phi) is 3.78. The first-order chi connectivity index (χ1) is 10.0. The number of hydrogen-bond donors (Lipinski definition) is 1. The first-order valence-electron chi connectivity index (χ1n) is 7.19. The van der Waals surface area contributed by atoms with Crippen LogP contribution in [0.5, 0.6) is 0 Å². The molecule has 112 valence electrons. The van der Waals surface area contributed by atoms with Crippen molar-refractivity contribution in [2.75, 3.05) is 6.54 Å². The van der Waals surface area contributed by atoms with Crippen molar-refractivity contribution < 1.29 is 9.50 Å². The SMILES string of the molecule is Cc1c(CN2C[C@H](O)C[C@@H]2c2cccc(F)c2)cnn1C. The van der Waals surface area contributed by atoms with Gasteiger partial charge in [-0.25, -0.2) is 4.39 Å². The van der Waals surface area contributed by atoms with Gasteiger partial charge in [0.2, 0.25) is 0 Å². The van der Waals surface area contributed by atoms with E-state index in [1.807, 2.05) is 30.9 Å². The number of aliphatic hydroxyl groups excluding tert-OH is 1. The molecule has 4 nitrogen and oxygen atoms in total. The second kappa shape index (κ2) is 5.58. The number of benzene rings is 1. The lowest BCUT2D eigenvalue weighted by Crippen LogP contribution is -2.24. The van der Waals surface area contributed by atoms with E-state index in [0.717, 1.165) is 23.4 Å². The third kappa shape index (κ3) is 2.84. The maximum atomic E-state index is 13.4. The minimum absolute atomic E-state index is 0.0512. The Labute approximate surface area is 123 Å². The highest BCUT2D eigenvalue weighted by atomic mass is 19.1. The summed E-state index contributed by atoms with van der Waals surface area (Å²) in [6.07, 6.45) is 2.14. The number of likely N-dealkylation sites (tertiary alicyclic amines) is 1. The number of aryl methyl sites for hydroxylation is 1. The molecule has 21 heavy (non-hydrogen) atoms. The summed E-state index contributed by atoms with van der Waals surface area (Å²) in [5.41, 5.74) is 3.19. The van der Waals surface area contributed by atoms with Crippen molar-refractivity contribution in [3.63, 3.8) is 0 Å². The molecule has 0 bridgehead atoms. The number of aliphatic hydroxyl groups is 1. The predicted molar refractivity (Wildman–Crippen MR) is 78.1 cm³/mol. The number of hydrogen-bond acceptors (Lipinski definition) is 3.